The summed E-state index contributed by atoms with van der Waals surface area (Å²) in [5.74, 6) is -0.778. The first-order valence-electron chi connectivity index (χ1n) is 6.98. The van der Waals surface area contributed by atoms with Crippen molar-refractivity contribution in [3.05, 3.63) is 51.6 Å². The second-order valence-corrected chi connectivity index (χ2v) is 5.75. The second-order valence-electron chi connectivity index (χ2n) is 4.94. The van der Waals surface area contributed by atoms with Crippen LogP contribution in [0.4, 0.5) is 13.2 Å². The Hall–Kier alpha value is -2.03. The van der Waals surface area contributed by atoms with Crippen molar-refractivity contribution in [2.24, 2.45) is 0 Å². The second kappa shape index (κ2) is 8.11. The third kappa shape index (κ3) is 4.57. The van der Waals surface area contributed by atoms with E-state index in [0.29, 0.717) is 17.8 Å². The van der Waals surface area contributed by atoms with Gasteiger partial charge >= 0.3 is 12.1 Å². The monoisotopic (exact) mass is 409 g/mol. The number of pyridine rings is 1. The topological polar surface area (TPSA) is 57.7 Å². The highest BCUT2D eigenvalue weighted by Crippen LogP contribution is 2.37. The van der Waals surface area contributed by atoms with E-state index in [1.807, 2.05) is 0 Å². The van der Waals surface area contributed by atoms with Gasteiger partial charge < -0.3 is 14.2 Å². The lowest BCUT2D eigenvalue weighted by atomic mass is 10.1. The van der Waals surface area contributed by atoms with Gasteiger partial charge in [0, 0.05) is 13.3 Å². The Morgan fingerprint density at radius 1 is 1.15 bits per heavy atom. The Labute approximate surface area is 156 Å². The van der Waals surface area contributed by atoms with E-state index in [1.54, 1.807) is 0 Å². The molecule has 1 unspecified atom stereocenters. The number of alkyl halides is 3. The first-order chi connectivity index (χ1) is 12.2. The lowest BCUT2D eigenvalue weighted by Gasteiger charge is -2.15. The van der Waals surface area contributed by atoms with Gasteiger partial charge in [0.05, 0.1) is 17.7 Å². The third-order valence-electron chi connectivity index (χ3n) is 3.25. The van der Waals surface area contributed by atoms with E-state index in [1.165, 1.54) is 32.4 Å². The van der Waals surface area contributed by atoms with Gasteiger partial charge in [0.2, 0.25) is 5.88 Å². The molecule has 0 aliphatic rings. The molecule has 0 amide bonds. The van der Waals surface area contributed by atoms with Crippen molar-refractivity contribution < 1.29 is 32.2 Å². The van der Waals surface area contributed by atoms with Crippen molar-refractivity contribution in [3.8, 4) is 11.6 Å². The fraction of sp³-hybridized carbons (Fsp3) is 0.250. The number of carbonyl (C=O) groups excluding carboxylic acids is 1. The van der Waals surface area contributed by atoms with Crippen LogP contribution in [0.5, 0.6) is 11.6 Å². The fourth-order valence-corrected chi connectivity index (χ4v) is 2.43. The number of hydrogen-bond donors (Lipinski definition) is 0. The molecule has 2 rings (SSSR count). The average Bonchev–Trinajstić information content (AvgIpc) is 2.58. The zero-order valence-electron chi connectivity index (χ0n) is 13.4. The Kier molecular flexibility index (Phi) is 6.33. The average molecular weight is 410 g/mol. The van der Waals surface area contributed by atoms with Crippen LogP contribution in [-0.2, 0) is 20.4 Å². The molecule has 1 aromatic carbocycles. The summed E-state index contributed by atoms with van der Waals surface area (Å²) in [6.45, 7) is 0. The number of rotatable bonds is 5. The molecule has 140 valence electrons. The van der Waals surface area contributed by atoms with Gasteiger partial charge in [-0.15, -0.1) is 0 Å². The summed E-state index contributed by atoms with van der Waals surface area (Å²) in [5, 5.41) is -0.254. The van der Waals surface area contributed by atoms with Crippen molar-refractivity contribution in [3.63, 3.8) is 0 Å². The molecular formula is C16H12Cl2F3NO4. The minimum Gasteiger partial charge on any atom is -0.467 e. The quantitative estimate of drug-likeness (QED) is 0.645. The fourth-order valence-electron chi connectivity index (χ4n) is 2.00. The zero-order chi connectivity index (χ0) is 19.5. The van der Waals surface area contributed by atoms with Gasteiger partial charge in [-0.25, -0.2) is 9.78 Å². The predicted molar refractivity (Wildman–Crippen MR) is 87.5 cm³/mol. The van der Waals surface area contributed by atoms with Crippen LogP contribution in [0.15, 0.2) is 30.5 Å². The molecule has 0 saturated carbocycles. The highest BCUT2D eigenvalue weighted by atomic mass is 35.5. The van der Waals surface area contributed by atoms with Crippen LogP contribution in [0.25, 0.3) is 0 Å². The molecule has 0 aliphatic heterocycles. The lowest BCUT2D eigenvalue weighted by Crippen LogP contribution is -2.16. The molecule has 2 aromatic rings. The summed E-state index contributed by atoms with van der Waals surface area (Å²) < 4.78 is 52.9. The molecule has 1 aromatic heterocycles. The molecule has 1 heterocycles. The maximum absolute atomic E-state index is 12.6. The molecule has 1 atom stereocenters. The first-order valence-corrected chi connectivity index (χ1v) is 7.73. The standard InChI is InChI=1S/C16H12Cl2F3NO4/c1-24-13(15(23)25-2)8-3-4-12(10(17)5-8)26-14-11(18)6-9(7-22-14)16(19,20)21/h3-7,13H,1-2H3. The van der Waals surface area contributed by atoms with Crippen LogP contribution in [0.3, 0.4) is 0 Å². The number of esters is 1. The van der Waals surface area contributed by atoms with Gasteiger partial charge in [0.15, 0.2) is 6.10 Å². The number of benzene rings is 1. The highest BCUT2D eigenvalue weighted by molar-refractivity contribution is 6.32. The van der Waals surface area contributed by atoms with Crippen molar-refractivity contribution in [1.82, 2.24) is 4.98 Å². The molecule has 0 radical (unpaired) electrons. The Balaban J connectivity index is 2.27. The molecule has 0 saturated heterocycles. The van der Waals surface area contributed by atoms with E-state index >= 15 is 0 Å². The van der Waals surface area contributed by atoms with Gasteiger partial charge in [-0.3, -0.25) is 0 Å². The first kappa shape index (κ1) is 20.3. The summed E-state index contributed by atoms with van der Waals surface area (Å²) in [4.78, 5) is 15.2. The number of methoxy groups -OCH3 is 2. The number of carbonyl (C=O) groups is 1. The van der Waals surface area contributed by atoms with Crippen LogP contribution < -0.4 is 4.74 Å². The summed E-state index contributed by atoms with van der Waals surface area (Å²) in [6.07, 6.45) is -4.96. The molecule has 0 N–H and O–H groups in total. The van der Waals surface area contributed by atoms with Crippen molar-refractivity contribution in [2.75, 3.05) is 14.2 Å². The van der Waals surface area contributed by atoms with Gasteiger partial charge in [-0.1, -0.05) is 29.3 Å². The Bertz CT molecular complexity index is 815. The minimum absolute atomic E-state index is 0.0752. The number of hydrogen-bond acceptors (Lipinski definition) is 5. The number of nitrogens with zero attached hydrogens (tertiary/aromatic N) is 1. The Morgan fingerprint density at radius 3 is 2.35 bits per heavy atom. The SMILES string of the molecule is COC(=O)C(OC)c1ccc(Oc2ncc(C(F)(F)F)cc2Cl)c(Cl)c1. The maximum Gasteiger partial charge on any atom is 0.417 e. The van der Waals surface area contributed by atoms with Crippen molar-refractivity contribution in [2.45, 2.75) is 12.3 Å². The highest BCUT2D eigenvalue weighted by Gasteiger charge is 2.32. The normalized spacial score (nSPS) is 12.6. The molecular weight excluding hydrogens is 398 g/mol. The number of aromatic nitrogens is 1. The summed E-state index contributed by atoms with van der Waals surface area (Å²) >= 11 is 11.9. The van der Waals surface area contributed by atoms with Gasteiger partial charge in [-0.05, 0) is 23.8 Å². The summed E-state index contributed by atoms with van der Waals surface area (Å²) in [7, 11) is 2.54. The molecule has 0 aliphatic carbocycles. The maximum atomic E-state index is 12.6. The zero-order valence-corrected chi connectivity index (χ0v) is 14.9. The largest absolute Gasteiger partial charge is 0.467 e. The van der Waals surface area contributed by atoms with E-state index in [4.69, 9.17) is 32.7 Å². The number of ether oxygens (including phenoxy) is 3. The summed E-state index contributed by atoms with van der Waals surface area (Å²) in [6, 6.07) is 5.00. The lowest BCUT2D eigenvalue weighted by molar-refractivity contribution is -0.152. The molecule has 0 bridgehead atoms. The predicted octanol–water partition coefficient (Wildman–Crippen LogP) is 5.06. The molecule has 0 fully saturated rings. The van der Waals surface area contributed by atoms with Crippen LogP contribution in [0.2, 0.25) is 10.0 Å². The molecule has 26 heavy (non-hydrogen) atoms. The van der Waals surface area contributed by atoms with Gasteiger partial charge in [-0.2, -0.15) is 13.2 Å². The number of halogens is 5. The van der Waals surface area contributed by atoms with E-state index in [9.17, 15) is 18.0 Å². The molecule has 0 spiro atoms. The van der Waals surface area contributed by atoms with Crippen LogP contribution in [0, 0.1) is 0 Å². The van der Waals surface area contributed by atoms with E-state index in [-0.39, 0.29) is 21.7 Å². The third-order valence-corrected chi connectivity index (χ3v) is 3.82. The van der Waals surface area contributed by atoms with Gasteiger partial charge in [0.25, 0.3) is 0 Å². The van der Waals surface area contributed by atoms with Crippen LogP contribution in [0.1, 0.15) is 17.2 Å². The Morgan fingerprint density at radius 2 is 1.85 bits per heavy atom. The van der Waals surface area contributed by atoms with E-state index < -0.39 is 23.8 Å². The molecule has 5 nitrogen and oxygen atoms in total. The van der Waals surface area contributed by atoms with Crippen molar-refractivity contribution in [1.29, 1.82) is 0 Å². The van der Waals surface area contributed by atoms with Crippen LogP contribution >= 0.6 is 23.2 Å². The van der Waals surface area contributed by atoms with E-state index in [2.05, 4.69) is 9.72 Å². The van der Waals surface area contributed by atoms with Gasteiger partial charge in [0.1, 0.15) is 10.8 Å². The smallest absolute Gasteiger partial charge is 0.417 e. The van der Waals surface area contributed by atoms with E-state index in [0.717, 1.165) is 0 Å². The van der Waals surface area contributed by atoms with Crippen molar-refractivity contribution >= 4 is 29.2 Å². The minimum atomic E-state index is -4.57. The van der Waals surface area contributed by atoms with Crippen LogP contribution in [-0.4, -0.2) is 25.2 Å². The summed E-state index contributed by atoms with van der Waals surface area (Å²) in [5.41, 5.74) is -0.597. The molecule has 10 heteroatoms.